The van der Waals surface area contributed by atoms with Crippen LogP contribution in [0.3, 0.4) is 0 Å². The van der Waals surface area contributed by atoms with E-state index in [0.29, 0.717) is 46.2 Å². The number of carbonyl (C=O) groups is 1. The molecule has 0 aliphatic rings. The third-order valence-electron chi connectivity index (χ3n) is 5.17. The molecule has 0 saturated heterocycles. The van der Waals surface area contributed by atoms with Crippen LogP contribution in [0.15, 0.2) is 95.5 Å². The summed E-state index contributed by atoms with van der Waals surface area (Å²) in [6.07, 6.45) is 0. The van der Waals surface area contributed by atoms with Crippen LogP contribution in [0.4, 0.5) is 5.69 Å². The highest BCUT2D eigenvalue weighted by atomic mass is 79.9. The Labute approximate surface area is 213 Å². The molecule has 4 aromatic carbocycles. The van der Waals surface area contributed by atoms with Crippen LogP contribution in [-0.2, 0) is 6.61 Å². The number of para-hydroxylation sites is 1. The first-order valence-electron chi connectivity index (χ1n) is 11.3. The third-order valence-corrected chi connectivity index (χ3v) is 5.76. The Kier molecular flexibility index (Phi) is 8.06. The van der Waals surface area contributed by atoms with Crippen LogP contribution in [0.2, 0.25) is 0 Å². The van der Waals surface area contributed by atoms with Crippen molar-refractivity contribution in [1.82, 2.24) is 0 Å². The van der Waals surface area contributed by atoms with Crippen molar-refractivity contribution in [2.45, 2.75) is 20.5 Å². The molecule has 4 aromatic rings. The van der Waals surface area contributed by atoms with E-state index in [1.54, 1.807) is 24.3 Å². The minimum atomic E-state index is -0.256. The van der Waals surface area contributed by atoms with E-state index in [1.807, 2.05) is 80.6 Å². The van der Waals surface area contributed by atoms with Crippen molar-refractivity contribution >= 4 is 27.5 Å². The van der Waals surface area contributed by atoms with Crippen molar-refractivity contribution in [3.05, 3.63) is 112 Å². The quantitative estimate of drug-likeness (QED) is 0.239. The highest BCUT2D eigenvalue weighted by Crippen LogP contribution is 2.38. The summed E-state index contributed by atoms with van der Waals surface area (Å²) in [4.78, 5) is 13.0. The van der Waals surface area contributed by atoms with Crippen molar-refractivity contribution in [3.8, 4) is 23.0 Å². The zero-order valence-electron chi connectivity index (χ0n) is 19.6. The van der Waals surface area contributed by atoms with Crippen LogP contribution in [0.5, 0.6) is 23.0 Å². The second kappa shape index (κ2) is 11.6. The van der Waals surface area contributed by atoms with Crippen LogP contribution < -0.4 is 19.5 Å². The maximum atomic E-state index is 13.0. The molecule has 0 aromatic heterocycles. The Balaban J connectivity index is 1.45. The minimum Gasteiger partial charge on any atom is -0.490 e. The second-order valence-electron chi connectivity index (χ2n) is 7.89. The molecule has 0 heterocycles. The number of hydrogen-bond acceptors (Lipinski definition) is 4. The Morgan fingerprint density at radius 3 is 2.23 bits per heavy atom. The van der Waals surface area contributed by atoms with Gasteiger partial charge in [-0.15, -0.1) is 0 Å². The topological polar surface area (TPSA) is 56.8 Å². The first-order valence-corrected chi connectivity index (χ1v) is 12.1. The average molecular weight is 532 g/mol. The molecule has 0 saturated carbocycles. The second-order valence-corrected chi connectivity index (χ2v) is 8.74. The van der Waals surface area contributed by atoms with Gasteiger partial charge < -0.3 is 19.5 Å². The van der Waals surface area contributed by atoms with Gasteiger partial charge >= 0.3 is 0 Å². The molecule has 4 rings (SSSR count). The molecule has 1 N–H and O–H groups in total. The van der Waals surface area contributed by atoms with Crippen molar-refractivity contribution < 1.29 is 19.0 Å². The molecule has 178 valence electrons. The van der Waals surface area contributed by atoms with Crippen molar-refractivity contribution in [2.24, 2.45) is 0 Å². The van der Waals surface area contributed by atoms with Crippen LogP contribution >= 0.6 is 15.9 Å². The fourth-order valence-corrected chi connectivity index (χ4v) is 3.93. The Morgan fingerprint density at radius 2 is 1.54 bits per heavy atom. The number of anilines is 1. The lowest BCUT2D eigenvalue weighted by atomic mass is 10.1. The fourth-order valence-electron chi connectivity index (χ4n) is 3.38. The molecule has 0 atom stereocenters. The Hall–Kier alpha value is -3.77. The number of hydrogen-bond donors (Lipinski definition) is 1. The van der Waals surface area contributed by atoms with Crippen LogP contribution in [0.1, 0.15) is 28.4 Å². The van der Waals surface area contributed by atoms with E-state index in [2.05, 4.69) is 21.2 Å². The molecular weight excluding hydrogens is 506 g/mol. The number of benzene rings is 4. The van der Waals surface area contributed by atoms with Gasteiger partial charge in [0, 0.05) is 11.3 Å². The van der Waals surface area contributed by atoms with E-state index in [1.165, 1.54) is 5.56 Å². The molecule has 0 fully saturated rings. The number of amides is 1. The van der Waals surface area contributed by atoms with E-state index in [9.17, 15) is 4.79 Å². The fraction of sp³-hybridized carbons (Fsp3) is 0.138. The number of aryl methyl sites for hydroxylation is 1. The SMILES string of the molecule is CCOc1cc(C(=O)Nc2ccc(Oc3ccccc3)cc2)cc(Br)c1OCc1ccc(C)cc1. The van der Waals surface area contributed by atoms with E-state index in [4.69, 9.17) is 14.2 Å². The van der Waals surface area contributed by atoms with Crippen molar-refractivity contribution in [2.75, 3.05) is 11.9 Å². The van der Waals surface area contributed by atoms with Gasteiger partial charge in [-0.2, -0.15) is 0 Å². The van der Waals surface area contributed by atoms with Gasteiger partial charge in [-0.05, 0) is 83.9 Å². The molecule has 0 bridgehead atoms. The number of ether oxygens (including phenoxy) is 3. The zero-order valence-corrected chi connectivity index (χ0v) is 21.2. The Bertz CT molecular complexity index is 1270. The normalized spacial score (nSPS) is 10.5. The van der Waals surface area contributed by atoms with Gasteiger partial charge in [-0.3, -0.25) is 4.79 Å². The van der Waals surface area contributed by atoms with Crippen LogP contribution in [0, 0.1) is 6.92 Å². The van der Waals surface area contributed by atoms with E-state index >= 15 is 0 Å². The van der Waals surface area contributed by atoms with E-state index in [0.717, 1.165) is 11.3 Å². The van der Waals surface area contributed by atoms with Crippen LogP contribution in [0.25, 0.3) is 0 Å². The molecule has 5 nitrogen and oxygen atoms in total. The molecule has 0 radical (unpaired) electrons. The number of rotatable bonds is 9. The number of carbonyl (C=O) groups excluding carboxylic acids is 1. The monoisotopic (exact) mass is 531 g/mol. The van der Waals surface area contributed by atoms with Gasteiger partial charge in [0.1, 0.15) is 18.1 Å². The Morgan fingerprint density at radius 1 is 0.857 bits per heavy atom. The summed E-state index contributed by atoms with van der Waals surface area (Å²) in [7, 11) is 0. The van der Waals surface area contributed by atoms with Gasteiger partial charge in [-0.25, -0.2) is 0 Å². The van der Waals surface area contributed by atoms with Crippen molar-refractivity contribution in [1.29, 1.82) is 0 Å². The lowest BCUT2D eigenvalue weighted by Gasteiger charge is -2.16. The van der Waals surface area contributed by atoms with Gasteiger partial charge in [0.25, 0.3) is 5.91 Å². The van der Waals surface area contributed by atoms with E-state index in [-0.39, 0.29) is 5.91 Å². The predicted molar refractivity (Wildman–Crippen MR) is 142 cm³/mol. The first-order chi connectivity index (χ1) is 17.0. The smallest absolute Gasteiger partial charge is 0.255 e. The maximum Gasteiger partial charge on any atom is 0.255 e. The highest BCUT2D eigenvalue weighted by molar-refractivity contribution is 9.10. The lowest BCUT2D eigenvalue weighted by molar-refractivity contribution is 0.102. The summed E-state index contributed by atoms with van der Waals surface area (Å²) in [6.45, 7) is 4.78. The number of nitrogens with one attached hydrogen (secondary N) is 1. The zero-order chi connectivity index (χ0) is 24.6. The first kappa shape index (κ1) is 24.4. The van der Waals surface area contributed by atoms with Crippen LogP contribution in [-0.4, -0.2) is 12.5 Å². The highest BCUT2D eigenvalue weighted by Gasteiger charge is 2.17. The summed E-state index contributed by atoms with van der Waals surface area (Å²) in [5, 5.41) is 2.92. The summed E-state index contributed by atoms with van der Waals surface area (Å²) >= 11 is 3.55. The van der Waals surface area contributed by atoms with Gasteiger partial charge in [0.2, 0.25) is 0 Å². The molecule has 0 spiro atoms. The lowest BCUT2D eigenvalue weighted by Crippen LogP contribution is -2.12. The average Bonchev–Trinajstić information content (AvgIpc) is 2.86. The maximum absolute atomic E-state index is 13.0. The largest absolute Gasteiger partial charge is 0.490 e. The molecule has 0 unspecified atom stereocenters. The van der Waals surface area contributed by atoms with Crippen molar-refractivity contribution in [3.63, 3.8) is 0 Å². The summed E-state index contributed by atoms with van der Waals surface area (Å²) < 4.78 is 18.3. The predicted octanol–water partition coefficient (Wildman–Crippen LogP) is 7.78. The summed E-state index contributed by atoms with van der Waals surface area (Å²) in [5.41, 5.74) is 3.35. The molecule has 35 heavy (non-hydrogen) atoms. The summed E-state index contributed by atoms with van der Waals surface area (Å²) in [6, 6.07) is 28.3. The number of halogens is 1. The van der Waals surface area contributed by atoms with E-state index < -0.39 is 0 Å². The summed E-state index contributed by atoms with van der Waals surface area (Å²) in [5.74, 6) is 2.25. The van der Waals surface area contributed by atoms with Gasteiger partial charge in [0.15, 0.2) is 11.5 Å². The molecular formula is C29H26BrNO4. The molecule has 0 aliphatic carbocycles. The molecule has 1 amide bonds. The standard InChI is InChI=1S/C29H26BrNO4/c1-3-33-27-18-22(17-26(30)28(27)34-19-21-11-9-20(2)10-12-21)29(32)31-23-13-15-25(16-14-23)35-24-7-5-4-6-8-24/h4-18H,3,19H2,1-2H3,(H,31,32). The minimum absolute atomic E-state index is 0.256. The third kappa shape index (κ3) is 6.64. The molecule has 6 heteroatoms. The van der Waals surface area contributed by atoms with Gasteiger partial charge in [-0.1, -0.05) is 48.0 Å². The van der Waals surface area contributed by atoms with Gasteiger partial charge in [0.05, 0.1) is 11.1 Å². The molecule has 0 aliphatic heterocycles.